The van der Waals surface area contributed by atoms with Crippen LogP contribution < -0.4 is 4.90 Å². The molecule has 5 nitrogen and oxygen atoms in total. The average molecular weight is 225 g/mol. The van der Waals surface area contributed by atoms with Crippen LogP contribution in [0.25, 0.3) is 0 Å². The molecular formula is C11H15NO4. The number of carbonyl (C=O) groups is 1. The smallest absolute Gasteiger partial charge is 0.371 e. The summed E-state index contributed by atoms with van der Waals surface area (Å²) in [5.74, 6) is -0.471. The molecule has 1 aromatic heterocycles. The lowest BCUT2D eigenvalue weighted by Crippen LogP contribution is -2.47. The maximum Gasteiger partial charge on any atom is 0.371 e. The highest BCUT2D eigenvalue weighted by Crippen LogP contribution is 2.24. The Balaban J connectivity index is 2.18. The number of aromatic carboxylic acids is 1. The van der Waals surface area contributed by atoms with Gasteiger partial charge in [0.2, 0.25) is 5.76 Å². The van der Waals surface area contributed by atoms with Crippen molar-refractivity contribution in [3.63, 3.8) is 0 Å². The molecule has 1 aliphatic heterocycles. The van der Waals surface area contributed by atoms with Crippen LogP contribution in [0.15, 0.2) is 16.5 Å². The first-order valence-corrected chi connectivity index (χ1v) is 5.29. The predicted octanol–water partition coefficient (Wildman–Crippen LogP) is 1.59. The summed E-state index contributed by atoms with van der Waals surface area (Å²) in [6.45, 7) is 5.35. The summed E-state index contributed by atoms with van der Waals surface area (Å²) >= 11 is 0. The number of hydrogen-bond acceptors (Lipinski definition) is 4. The first-order chi connectivity index (χ1) is 7.58. The van der Waals surface area contributed by atoms with Crippen molar-refractivity contribution in [2.75, 3.05) is 18.1 Å². The zero-order valence-corrected chi connectivity index (χ0v) is 9.34. The van der Waals surface area contributed by atoms with E-state index in [1.807, 2.05) is 18.7 Å². The van der Waals surface area contributed by atoms with Crippen LogP contribution in [0.1, 0.15) is 24.4 Å². The van der Waals surface area contributed by atoms with Gasteiger partial charge in [0.25, 0.3) is 0 Å². The summed E-state index contributed by atoms with van der Waals surface area (Å²) < 4.78 is 10.8. The molecule has 1 fully saturated rings. The van der Waals surface area contributed by atoms with Gasteiger partial charge in [-0.3, -0.25) is 0 Å². The number of carboxylic acid groups (broad SMARTS) is 1. The molecule has 0 spiro atoms. The van der Waals surface area contributed by atoms with E-state index in [1.165, 1.54) is 6.07 Å². The number of morpholine rings is 1. The van der Waals surface area contributed by atoms with Gasteiger partial charge in [0, 0.05) is 12.6 Å². The van der Waals surface area contributed by atoms with E-state index in [0.29, 0.717) is 19.0 Å². The lowest BCUT2D eigenvalue weighted by atomic mass is 10.2. The lowest BCUT2D eigenvalue weighted by Gasteiger charge is -2.36. The number of carboxylic acids is 1. The molecule has 0 bridgehead atoms. The van der Waals surface area contributed by atoms with Gasteiger partial charge in [-0.2, -0.15) is 0 Å². The normalized spacial score (nSPS) is 25.8. The zero-order chi connectivity index (χ0) is 11.7. The van der Waals surface area contributed by atoms with Gasteiger partial charge < -0.3 is 19.2 Å². The largest absolute Gasteiger partial charge is 0.475 e. The molecule has 0 radical (unpaired) electrons. The molecule has 88 valence electrons. The number of hydrogen-bond donors (Lipinski definition) is 1. The summed E-state index contributed by atoms with van der Waals surface area (Å²) in [7, 11) is 0. The number of rotatable bonds is 2. The molecule has 1 N–H and O–H groups in total. The van der Waals surface area contributed by atoms with Crippen molar-refractivity contribution in [3.05, 3.63) is 17.9 Å². The lowest BCUT2D eigenvalue weighted by molar-refractivity contribution is 0.0325. The maximum atomic E-state index is 10.7. The van der Waals surface area contributed by atoms with Gasteiger partial charge in [-0.1, -0.05) is 0 Å². The SMILES string of the molecule is CC1CN(c2ccc(C(=O)O)o2)C(C)CO1. The first-order valence-electron chi connectivity index (χ1n) is 5.29. The second-order valence-electron chi connectivity index (χ2n) is 4.09. The predicted molar refractivity (Wildman–Crippen MR) is 57.9 cm³/mol. The highest BCUT2D eigenvalue weighted by molar-refractivity contribution is 5.84. The second-order valence-corrected chi connectivity index (χ2v) is 4.09. The van der Waals surface area contributed by atoms with E-state index in [4.69, 9.17) is 14.3 Å². The van der Waals surface area contributed by atoms with Crippen molar-refractivity contribution in [3.8, 4) is 0 Å². The highest BCUT2D eigenvalue weighted by Gasteiger charge is 2.26. The van der Waals surface area contributed by atoms with Crippen LogP contribution in [0.4, 0.5) is 5.88 Å². The van der Waals surface area contributed by atoms with Gasteiger partial charge in [-0.15, -0.1) is 0 Å². The van der Waals surface area contributed by atoms with Crippen molar-refractivity contribution < 1.29 is 19.1 Å². The number of furan rings is 1. The second kappa shape index (κ2) is 4.17. The molecule has 0 amide bonds. The third-order valence-corrected chi connectivity index (χ3v) is 2.69. The minimum absolute atomic E-state index is 0.0265. The van der Waals surface area contributed by atoms with E-state index in [-0.39, 0.29) is 17.9 Å². The molecule has 2 rings (SSSR count). The molecular weight excluding hydrogens is 210 g/mol. The summed E-state index contributed by atoms with van der Waals surface area (Å²) in [6, 6.07) is 3.37. The maximum absolute atomic E-state index is 10.7. The summed E-state index contributed by atoms with van der Waals surface area (Å²) in [5, 5.41) is 8.78. The van der Waals surface area contributed by atoms with Crippen molar-refractivity contribution in [1.82, 2.24) is 0 Å². The molecule has 1 aliphatic rings. The quantitative estimate of drug-likeness (QED) is 0.828. The fourth-order valence-electron chi connectivity index (χ4n) is 1.81. The van der Waals surface area contributed by atoms with Crippen molar-refractivity contribution in [2.24, 2.45) is 0 Å². The minimum Gasteiger partial charge on any atom is -0.475 e. The van der Waals surface area contributed by atoms with Crippen LogP contribution in [0.2, 0.25) is 0 Å². The van der Waals surface area contributed by atoms with Crippen LogP contribution in [0.5, 0.6) is 0 Å². The Bertz CT molecular complexity index is 387. The van der Waals surface area contributed by atoms with Crippen LogP contribution in [0.3, 0.4) is 0 Å². The van der Waals surface area contributed by atoms with Gasteiger partial charge >= 0.3 is 5.97 Å². The van der Waals surface area contributed by atoms with E-state index in [0.717, 1.165) is 0 Å². The summed E-state index contributed by atoms with van der Waals surface area (Å²) in [6.07, 6.45) is 0.134. The Kier molecular flexibility index (Phi) is 2.87. The molecule has 5 heteroatoms. The third-order valence-electron chi connectivity index (χ3n) is 2.69. The summed E-state index contributed by atoms with van der Waals surface area (Å²) in [4.78, 5) is 12.7. The fourth-order valence-corrected chi connectivity index (χ4v) is 1.81. The molecule has 0 aliphatic carbocycles. The van der Waals surface area contributed by atoms with Crippen LogP contribution in [-0.2, 0) is 4.74 Å². The fraction of sp³-hybridized carbons (Fsp3) is 0.545. The first kappa shape index (κ1) is 11.0. The Morgan fingerprint density at radius 2 is 2.25 bits per heavy atom. The zero-order valence-electron chi connectivity index (χ0n) is 9.34. The van der Waals surface area contributed by atoms with E-state index >= 15 is 0 Å². The van der Waals surface area contributed by atoms with Crippen molar-refractivity contribution >= 4 is 11.9 Å². The monoisotopic (exact) mass is 225 g/mol. The molecule has 2 atom stereocenters. The standard InChI is InChI=1S/C11H15NO4/c1-7-6-15-8(2)5-12(7)10-4-3-9(16-10)11(13)14/h3-4,7-8H,5-6H2,1-2H3,(H,13,14). The van der Waals surface area contributed by atoms with Gasteiger partial charge in [-0.25, -0.2) is 4.79 Å². The number of ether oxygens (including phenoxy) is 1. The number of anilines is 1. The molecule has 16 heavy (non-hydrogen) atoms. The molecule has 2 unspecified atom stereocenters. The molecule has 2 heterocycles. The Morgan fingerprint density at radius 3 is 2.88 bits per heavy atom. The highest BCUT2D eigenvalue weighted by atomic mass is 16.5. The van der Waals surface area contributed by atoms with E-state index < -0.39 is 5.97 Å². The van der Waals surface area contributed by atoms with Crippen molar-refractivity contribution in [1.29, 1.82) is 0 Å². The molecule has 0 saturated carbocycles. The number of nitrogens with zero attached hydrogens (tertiary/aromatic N) is 1. The Labute approximate surface area is 93.6 Å². The Hall–Kier alpha value is -1.49. The average Bonchev–Trinajstić information content (AvgIpc) is 2.70. The van der Waals surface area contributed by atoms with E-state index in [1.54, 1.807) is 6.07 Å². The van der Waals surface area contributed by atoms with E-state index in [9.17, 15) is 4.79 Å². The summed E-state index contributed by atoms with van der Waals surface area (Å²) in [5.41, 5.74) is 0. The Morgan fingerprint density at radius 1 is 1.50 bits per heavy atom. The molecule has 1 aromatic rings. The minimum atomic E-state index is -1.04. The van der Waals surface area contributed by atoms with Gasteiger partial charge in [0.15, 0.2) is 5.88 Å². The van der Waals surface area contributed by atoms with Crippen LogP contribution >= 0.6 is 0 Å². The third kappa shape index (κ3) is 2.04. The van der Waals surface area contributed by atoms with Gasteiger partial charge in [0.05, 0.1) is 18.8 Å². The topological polar surface area (TPSA) is 62.9 Å². The molecule has 0 aromatic carbocycles. The van der Waals surface area contributed by atoms with Crippen molar-refractivity contribution in [2.45, 2.75) is 26.0 Å². The van der Waals surface area contributed by atoms with E-state index in [2.05, 4.69) is 0 Å². The van der Waals surface area contributed by atoms with Gasteiger partial charge in [0.1, 0.15) is 0 Å². The van der Waals surface area contributed by atoms with Crippen LogP contribution in [-0.4, -0.2) is 36.4 Å². The van der Waals surface area contributed by atoms with Crippen LogP contribution in [0, 0.1) is 0 Å². The van der Waals surface area contributed by atoms with Gasteiger partial charge in [-0.05, 0) is 19.9 Å². The molecule has 1 saturated heterocycles.